The van der Waals surface area contributed by atoms with E-state index in [1.165, 1.54) is 23.9 Å². The lowest BCUT2D eigenvalue weighted by Crippen LogP contribution is -2.27. The molecule has 110 valence electrons. The summed E-state index contributed by atoms with van der Waals surface area (Å²) in [5.41, 5.74) is 0. The first-order valence-electron chi connectivity index (χ1n) is 6.66. The Labute approximate surface area is 122 Å². The van der Waals surface area contributed by atoms with Gasteiger partial charge in [-0.1, -0.05) is 19.4 Å². The van der Waals surface area contributed by atoms with Crippen LogP contribution in [0.3, 0.4) is 0 Å². The third kappa shape index (κ3) is 5.33. The smallest absolute Gasteiger partial charge is 0.316 e. The van der Waals surface area contributed by atoms with Crippen molar-refractivity contribution in [3.05, 3.63) is 30.1 Å². The van der Waals surface area contributed by atoms with Crippen LogP contribution in [0.25, 0.3) is 0 Å². The molecule has 0 saturated heterocycles. The van der Waals surface area contributed by atoms with Gasteiger partial charge in [0.05, 0.1) is 12.4 Å². The Balaban J connectivity index is 2.59. The molecule has 0 aliphatic heterocycles. The number of benzene rings is 1. The van der Waals surface area contributed by atoms with E-state index >= 15 is 0 Å². The number of carbonyl (C=O) groups excluding carboxylic acids is 2. The van der Waals surface area contributed by atoms with Crippen molar-refractivity contribution in [1.29, 1.82) is 0 Å². The minimum absolute atomic E-state index is 0.146. The van der Waals surface area contributed by atoms with E-state index in [2.05, 4.69) is 0 Å². The van der Waals surface area contributed by atoms with Crippen molar-refractivity contribution < 1.29 is 18.7 Å². The largest absolute Gasteiger partial charge is 0.465 e. The molecule has 0 heterocycles. The summed E-state index contributed by atoms with van der Waals surface area (Å²) in [5, 5.41) is 0. The molecule has 1 unspecified atom stereocenters. The van der Waals surface area contributed by atoms with Gasteiger partial charge in [0.15, 0.2) is 5.78 Å². The highest BCUT2D eigenvalue weighted by molar-refractivity contribution is 8.00. The van der Waals surface area contributed by atoms with Crippen LogP contribution >= 0.6 is 11.8 Å². The Morgan fingerprint density at radius 3 is 2.70 bits per heavy atom. The van der Waals surface area contributed by atoms with Crippen LogP contribution in [0.5, 0.6) is 0 Å². The van der Waals surface area contributed by atoms with E-state index in [-0.39, 0.29) is 24.0 Å². The Hall–Kier alpha value is -1.36. The van der Waals surface area contributed by atoms with Gasteiger partial charge in [0, 0.05) is 4.90 Å². The van der Waals surface area contributed by atoms with E-state index in [1.54, 1.807) is 19.1 Å². The van der Waals surface area contributed by atoms with E-state index < -0.39 is 11.9 Å². The fraction of sp³-hybridized carbons (Fsp3) is 0.467. The second-order valence-electron chi connectivity index (χ2n) is 4.31. The van der Waals surface area contributed by atoms with Gasteiger partial charge < -0.3 is 4.74 Å². The second kappa shape index (κ2) is 8.74. The normalized spacial score (nSPS) is 11.9. The zero-order valence-corrected chi connectivity index (χ0v) is 12.5. The van der Waals surface area contributed by atoms with E-state index in [1.807, 2.05) is 6.92 Å². The standard InChI is InChI=1S/C15H19FO3S/c1-3-6-13(15(18)19-4-2)14(17)10-20-12-8-5-7-11(16)9-12/h5,7-9,13H,3-4,6,10H2,1-2H3. The molecule has 0 fully saturated rings. The second-order valence-corrected chi connectivity index (χ2v) is 5.35. The number of ketones is 1. The predicted molar refractivity (Wildman–Crippen MR) is 77.2 cm³/mol. The molecule has 20 heavy (non-hydrogen) atoms. The minimum Gasteiger partial charge on any atom is -0.465 e. The third-order valence-electron chi connectivity index (χ3n) is 2.71. The predicted octanol–water partition coefficient (Wildman–Crippen LogP) is 3.47. The van der Waals surface area contributed by atoms with E-state index in [0.717, 1.165) is 6.42 Å². The fourth-order valence-electron chi connectivity index (χ4n) is 1.75. The molecule has 0 radical (unpaired) electrons. The highest BCUT2D eigenvalue weighted by Crippen LogP contribution is 2.21. The van der Waals surface area contributed by atoms with Crippen LogP contribution in [0.15, 0.2) is 29.2 Å². The Kier molecular flexibility index (Phi) is 7.30. The Morgan fingerprint density at radius 2 is 2.10 bits per heavy atom. The number of carbonyl (C=O) groups is 2. The van der Waals surface area contributed by atoms with Crippen LogP contribution in [0.4, 0.5) is 4.39 Å². The van der Waals surface area contributed by atoms with Crippen LogP contribution in [-0.4, -0.2) is 24.1 Å². The summed E-state index contributed by atoms with van der Waals surface area (Å²) < 4.78 is 17.9. The van der Waals surface area contributed by atoms with Gasteiger partial charge in [0.25, 0.3) is 0 Å². The zero-order chi connectivity index (χ0) is 15.0. The van der Waals surface area contributed by atoms with Gasteiger partial charge in [-0.25, -0.2) is 4.39 Å². The maximum absolute atomic E-state index is 13.0. The summed E-state index contributed by atoms with van der Waals surface area (Å²) in [4.78, 5) is 24.5. The van der Waals surface area contributed by atoms with Gasteiger partial charge in [-0.15, -0.1) is 11.8 Å². The molecule has 0 bridgehead atoms. The van der Waals surface area contributed by atoms with Crippen molar-refractivity contribution in [3.63, 3.8) is 0 Å². The quantitative estimate of drug-likeness (QED) is 0.419. The van der Waals surface area contributed by atoms with Crippen molar-refractivity contribution in [1.82, 2.24) is 0 Å². The lowest BCUT2D eigenvalue weighted by molar-refractivity contribution is -0.151. The highest BCUT2D eigenvalue weighted by Gasteiger charge is 2.26. The van der Waals surface area contributed by atoms with Gasteiger partial charge >= 0.3 is 5.97 Å². The average Bonchev–Trinajstić information content (AvgIpc) is 2.42. The lowest BCUT2D eigenvalue weighted by atomic mass is 10.00. The molecule has 0 aromatic heterocycles. The third-order valence-corrected chi connectivity index (χ3v) is 3.73. The first-order chi connectivity index (χ1) is 9.58. The van der Waals surface area contributed by atoms with Gasteiger partial charge in [0.1, 0.15) is 11.7 Å². The summed E-state index contributed by atoms with van der Waals surface area (Å²) in [7, 11) is 0. The summed E-state index contributed by atoms with van der Waals surface area (Å²) in [6.07, 6.45) is 1.22. The van der Waals surface area contributed by atoms with Gasteiger partial charge in [-0.05, 0) is 31.5 Å². The van der Waals surface area contributed by atoms with Crippen LogP contribution in [0, 0.1) is 11.7 Å². The van der Waals surface area contributed by atoms with E-state index in [4.69, 9.17) is 4.74 Å². The van der Waals surface area contributed by atoms with Crippen molar-refractivity contribution in [2.75, 3.05) is 12.4 Å². The van der Waals surface area contributed by atoms with Gasteiger partial charge in [0.2, 0.25) is 0 Å². The first kappa shape index (κ1) is 16.7. The van der Waals surface area contributed by atoms with Crippen molar-refractivity contribution in [3.8, 4) is 0 Å². The fourth-order valence-corrected chi connectivity index (χ4v) is 2.63. The minimum atomic E-state index is -0.707. The molecule has 0 spiro atoms. The Morgan fingerprint density at radius 1 is 1.35 bits per heavy atom. The summed E-state index contributed by atoms with van der Waals surface area (Å²) in [5.74, 6) is -1.52. The van der Waals surface area contributed by atoms with Crippen molar-refractivity contribution >= 4 is 23.5 Å². The molecule has 1 rings (SSSR count). The van der Waals surface area contributed by atoms with E-state index in [0.29, 0.717) is 11.3 Å². The van der Waals surface area contributed by atoms with Gasteiger partial charge in [-0.2, -0.15) is 0 Å². The number of thioether (sulfide) groups is 1. The van der Waals surface area contributed by atoms with Crippen LogP contribution in [0.2, 0.25) is 0 Å². The maximum Gasteiger partial charge on any atom is 0.316 e. The SMILES string of the molecule is CCCC(C(=O)CSc1cccc(F)c1)C(=O)OCC. The number of ether oxygens (including phenoxy) is 1. The van der Waals surface area contributed by atoms with E-state index in [9.17, 15) is 14.0 Å². The summed E-state index contributed by atoms with van der Waals surface area (Å²) >= 11 is 1.24. The summed E-state index contributed by atoms with van der Waals surface area (Å²) in [6.45, 7) is 3.90. The van der Waals surface area contributed by atoms with Crippen LogP contribution in [-0.2, 0) is 14.3 Å². The lowest BCUT2D eigenvalue weighted by Gasteiger charge is -2.13. The molecular weight excluding hydrogens is 279 g/mol. The number of Topliss-reactive ketones (excluding diaryl/α,β-unsaturated/α-hetero) is 1. The number of rotatable bonds is 8. The zero-order valence-electron chi connectivity index (χ0n) is 11.7. The summed E-state index contributed by atoms with van der Waals surface area (Å²) in [6, 6.07) is 6.05. The highest BCUT2D eigenvalue weighted by atomic mass is 32.2. The topological polar surface area (TPSA) is 43.4 Å². The maximum atomic E-state index is 13.0. The number of hydrogen-bond donors (Lipinski definition) is 0. The molecule has 0 aliphatic carbocycles. The van der Waals surface area contributed by atoms with Gasteiger partial charge in [-0.3, -0.25) is 9.59 Å². The molecular formula is C15H19FO3S. The molecule has 0 N–H and O–H groups in total. The number of hydrogen-bond acceptors (Lipinski definition) is 4. The molecule has 0 aliphatic rings. The molecule has 0 saturated carbocycles. The molecule has 1 aromatic rings. The Bertz CT molecular complexity index is 462. The van der Waals surface area contributed by atoms with Crippen molar-refractivity contribution in [2.24, 2.45) is 5.92 Å². The molecule has 3 nitrogen and oxygen atoms in total. The first-order valence-corrected chi connectivity index (χ1v) is 7.64. The van der Waals surface area contributed by atoms with Crippen molar-refractivity contribution in [2.45, 2.75) is 31.6 Å². The number of esters is 1. The van der Waals surface area contributed by atoms with Crippen LogP contribution < -0.4 is 0 Å². The average molecular weight is 298 g/mol. The molecule has 5 heteroatoms. The molecule has 1 atom stereocenters. The molecule has 1 aromatic carbocycles. The monoisotopic (exact) mass is 298 g/mol. The molecule has 0 amide bonds. The van der Waals surface area contributed by atoms with Crippen LogP contribution in [0.1, 0.15) is 26.7 Å². The number of halogens is 1.